The smallest absolute Gasteiger partial charge is 0.139 e. The van der Waals surface area contributed by atoms with Gasteiger partial charge in [0.1, 0.15) is 5.82 Å². The van der Waals surface area contributed by atoms with Crippen LogP contribution >= 0.6 is 15.9 Å². The van der Waals surface area contributed by atoms with Gasteiger partial charge in [0, 0.05) is 18.7 Å². The Labute approximate surface area is 117 Å². The van der Waals surface area contributed by atoms with Crippen LogP contribution in [-0.2, 0) is 0 Å². The molecule has 2 nitrogen and oxygen atoms in total. The van der Waals surface area contributed by atoms with Crippen molar-refractivity contribution in [3.05, 3.63) is 22.4 Å². The average Bonchev–Trinajstić information content (AvgIpc) is 2.30. The Kier molecular flexibility index (Phi) is 5.93. The van der Waals surface area contributed by atoms with E-state index in [2.05, 4.69) is 41.6 Å². The molecule has 0 aliphatic carbocycles. The summed E-state index contributed by atoms with van der Waals surface area (Å²) in [6, 6.07) is 3.47. The first-order valence-corrected chi connectivity index (χ1v) is 7.27. The number of nitrogens with two attached hydrogens (primary N) is 1. The van der Waals surface area contributed by atoms with Crippen LogP contribution in [0.3, 0.4) is 0 Å². The molecule has 0 aliphatic heterocycles. The summed E-state index contributed by atoms with van der Waals surface area (Å²) in [7, 11) is 0. The van der Waals surface area contributed by atoms with Crippen LogP contribution < -0.4 is 10.6 Å². The lowest BCUT2D eigenvalue weighted by Crippen LogP contribution is -2.32. The van der Waals surface area contributed by atoms with Gasteiger partial charge in [0.2, 0.25) is 0 Å². The quantitative estimate of drug-likeness (QED) is 0.615. The highest BCUT2D eigenvalue weighted by atomic mass is 79.9. The molecule has 1 aromatic rings. The highest BCUT2D eigenvalue weighted by molar-refractivity contribution is 9.10. The number of hydrogen-bond acceptors (Lipinski definition) is 2. The fraction of sp³-hybridized carbons (Fsp3) is 0.571. The van der Waals surface area contributed by atoms with Crippen LogP contribution in [0.1, 0.15) is 40.0 Å². The fourth-order valence-electron chi connectivity index (χ4n) is 1.99. The van der Waals surface area contributed by atoms with E-state index in [1.165, 1.54) is 18.9 Å². The van der Waals surface area contributed by atoms with Gasteiger partial charge in [-0.1, -0.05) is 19.8 Å². The minimum Gasteiger partial charge on any atom is -0.397 e. The van der Waals surface area contributed by atoms with Gasteiger partial charge < -0.3 is 10.6 Å². The molecule has 1 aromatic carbocycles. The Morgan fingerprint density at radius 1 is 1.33 bits per heavy atom. The van der Waals surface area contributed by atoms with E-state index in [0.717, 1.165) is 18.7 Å². The molecule has 0 saturated carbocycles. The Morgan fingerprint density at radius 3 is 2.56 bits per heavy atom. The molecule has 102 valence electrons. The number of unbranched alkanes of at least 4 members (excludes halogenated alkanes) is 2. The van der Waals surface area contributed by atoms with E-state index >= 15 is 0 Å². The lowest BCUT2D eigenvalue weighted by Gasteiger charge is -2.30. The Hall–Kier alpha value is -0.770. The maximum atomic E-state index is 13.6. The topological polar surface area (TPSA) is 29.3 Å². The molecule has 0 fully saturated rings. The van der Waals surface area contributed by atoms with Crippen molar-refractivity contribution in [1.82, 2.24) is 0 Å². The van der Waals surface area contributed by atoms with Gasteiger partial charge in [-0.15, -0.1) is 0 Å². The van der Waals surface area contributed by atoms with E-state index in [4.69, 9.17) is 5.73 Å². The summed E-state index contributed by atoms with van der Waals surface area (Å²) in [6.45, 7) is 7.29. The van der Waals surface area contributed by atoms with Gasteiger partial charge in [0.05, 0.1) is 15.8 Å². The molecule has 0 aromatic heterocycles. The summed E-state index contributed by atoms with van der Waals surface area (Å²) >= 11 is 3.16. The van der Waals surface area contributed by atoms with E-state index in [0.29, 0.717) is 16.2 Å². The summed E-state index contributed by atoms with van der Waals surface area (Å²) in [5.41, 5.74) is 7.41. The van der Waals surface area contributed by atoms with Crippen LogP contribution in [0.4, 0.5) is 15.8 Å². The number of rotatable bonds is 6. The molecule has 0 heterocycles. The zero-order valence-corrected chi connectivity index (χ0v) is 12.9. The summed E-state index contributed by atoms with van der Waals surface area (Å²) in [5.74, 6) is -0.264. The second-order valence-electron chi connectivity index (χ2n) is 4.82. The molecular weight excluding hydrogens is 295 g/mol. The van der Waals surface area contributed by atoms with Crippen LogP contribution in [-0.4, -0.2) is 12.6 Å². The van der Waals surface area contributed by atoms with Crippen LogP contribution in [0, 0.1) is 5.82 Å². The summed E-state index contributed by atoms with van der Waals surface area (Å²) < 4.78 is 14.1. The van der Waals surface area contributed by atoms with Gasteiger partial charge in [-0.05, 0) is 42.3 Å². The molecule has 0 unspecified atom stereocenters. The van der Waals surface area contributed by atoms with Crippen molar-refractivity contribution in [2.75, 3.05) is 17.2 Å². The standard InChI is InChI=1S/C14H22BrFN2/c1-4-5-6-7-18(10(2)3)14-9-12(16)11(15)8-13(14)17/h8-10H,4-7,17H2,1-3H3. The molecule has 4 heteroatoms. The molecule has 0 aliphatic rings. The van der Waals surface area contributed by atoms with Crippen molar-refractivity contribution in [2.24, 2.45) is 0 Å². The Bertz CT molecular complexity index is 394. The van der Waals surface area contributed by atoms with Gasteiger partial charge in [0.15, 0.2) is 0 Å². The zero-order valence-electron chi connectivity index (χ0n) is 11.3. The number of nitrogen functional groups attached to an aromatic ring is 1. The summed E-state index contributed by atoms with van der Waals surface area (Å²) in [4.78, 5) is 2.17. The van der Waals surface area contributed by atoms with Crippen LogP contribution in [0.15, 0.2) is 16.6 Å². The largest absolute Gasteiger partial charge is 0.397 e. The molecule has 1 rings (SSSR count). The molecule has 0 saturated heterocycles. The number of anilines is 2. The van der Waals surface area contributed by atoms with E-state index in [9.17, 15) is 4.39 Å². The second kappa shape index (κ2) is 6.98. The highest BCUT2D eigenvalue weighted by Gasteiger charge is 2.15. The van der Waals surface area contributed by atoms with Crippen LogP contribution in [0.5, 0.6) is 0 Å². The molecule has 0 amide bonds. The molecule has 0 bridgehead atoms. The van der Waals surface area contributed by atoms with Crippen molar-refractivity contribution in [3.8, 4) is 0 Å². The number of hydrogen-bond donors (Lipinski definition) is 1. The highest BCUT2D eigenvalue weighted by Crippen LogP contribution is 2.30. The van der Waals surface area contributed by atoms with Gasteiger partial charge in [-0.3, -0.25) is 0 Å². The second-order valence-corrected chi connectivity index (χ2v) is 5.67. The van der Waals surface area contributed by atoms with Crippen molar-refractivity contribution >= 4 is 27.3 Å². The number of halogens is 2. The van der Waals surface area contributed by atoms with E-state index in [-0.39, 0.29) is 5.82 Å². The van der Waals surface area contributed by atoms with Crippen molar-refractivity contribution in [2.45, 2.75) is 46.1 Å². The average molecular weight is 317 g/mol. The maximum absolute atomic E-state index is 13.6. The number of nitrogens with zero attached hydrogens (tertiary/aromatic N) is 1. The SMILES string of the molecule is CCCCCN(c1cc(F)c(Br)cc1N)C(C)C. The van der Waals surface area contributed by atoms with Gasteiger partial charge in [-0.25, -0.2) is 4.39 Å². The normalized spacial score (nSPS) is 11.0. The predicted octanol–water partition coefficient (Wildman–Crippen LogP) is 4.58. The minimum atomic E-state index is -0.264. The Morgan fingerprint density at radius 2 is 2.00 bits per heavy atom. The van der Waals surface area contributed by atoms with Crippen LogP contribution in [0.25, 0.3) is 0 Å². The van der Waals surface area contributed by atoms with Crippen molar-refractivity contribution in [1.29, 1.82) is 0 Å². The minimum absolute atomic E-state index is 0.264. The third-order valence-corrected chi connectivity index (χ3v) is 3.61. The molecule has 0 radical (unpaired) electrons. The monoisotopic (exact) mass is 316 g/mol. The third kappa shape index (κ3) is 3.87. The summed E-state index contributed by atoms with van der Waals surface area (Å²) in [6.07, 6.45) is 3.46. The number of benzene rings is 1. The molecule has 2 N–H and O–H groups in total. The van der Waals surface area contributed by atoms with Crippen molar-refractivity contribution < 1.29 is 4.39 Å². The Balaban J connectivity index is 2.95. The maximum Gasteiger partial charge on any atom is 0.139 e. The third-order valence-electron chi connectivity index (χ3n) is 3.00. The molecule has 0 atom stereocenters. The molecule has 0 spiro atoms. The van der Waals surface area contributed by atoms with E-state index < -0.39 is 0 Å². The fourth-order valence-corrected chi connectivity index (χ4v) is 2.35. The van der Waals surface area contributed by atoms with Crippen LogP contribution in [0.2, 0.25) is 0 Å². The zero-order chi connectivity index (χ0) is 13.7. The molecular formula is C14H22BrFN2. The molecule has 18 heavy (non-hydrogen) atoms. The first-order valence-electron chi connectivity index (χ1n) is 6.48. The predicted molar refractivity (Wildman–Crippen MR) is 80.5 cm³/mol. The van der Waals surface area contributed by atoms with Gasteiger partial charge in [-0.2, -0.15) is 0 Å². The lowest BCUT2D eigenvalue weighted by molar-refractivity contribution is 0.607. The van der Waals surface area contributed by atoms with Gasteiger partial charge >= 0.3 is 0 Å². The van der Waals surface area contributed by atoms with Crippen molar-refractivity contribution in [3.63, 3.8) is 0 Å². The first-order chi connectivity index (χ1) is 8.47. The first kappa shape index (κ1) is 15.3. The summed E-state index contributed by atoms with van der Waals surface area (Å²) in [5, 5.41) is 0. The van der Waals surface area contributed by atoms with Gasteiger partial charge in [0.25, 0.3) is 0 Å². The lowest BCUT2D eigenvalue weighted by atomic mass is 10.1. The van der Waals surface area contributed by atoms with E-state index in [1.807, 2.05) is 0 Å². The van der Waals surface area contributed by atoms with E-state index in [1.54, 1.807) is 6.07 Å².